The molecule has 4 aromatic rings. The van der Waals surface area contributed by atoms with Gasteiger partial charge in [0.15, 0.2) is 23.0 Å². The fraction of sp³-hybridized carbons (Fsp3) is 0.179. The van der Waals surface area contributed by atoms with Crippen LogP contribution in [-0.4, -0.2) is 52.2 Å². The van der Waals surface area contributed by atoms with E-state index in [2.05, 4.69) is 10.1 Å². The van der Waals surface area contributed by atoms with Crippen LogP contribution in [0, 0.1) is 0 Å². The minimum absolute atomic E-state index is 0.306. The molecular weight excluding hydrogens is 476 g/mol. The SMILES string of the molecule is COc1ccc(C(=O)O/N=C(\c2ccc(OC)c(OC)c2)c2nccc3cc(OC)c(OC)cc23)cc1. The Labute approximate surface area is 214 Å². The Morgan fingerprint density at radius 2 is 1.30 bits per heavy atom. The van der Waals surface area contributed by atoms with Crippen LogP contribution in [0.5, 0.6) is 28.7 Å². The first-order valence-electron chi connectivity index (χ1n) is 11.2. The molecule has 1 aromatic heterocycles. The van der Waals surface area contributed by atoms with E-state index in [-0.39, 0.29) is 0 Å². The van der Waals surface area contributed by atoms with Crippen LogP contribution in [0.4, 0.5) is 0 Å². The Morgan fingerprint density at radius 1 is 0.676 bits per heavy atom. The van der Waals surface area contributed by atoms with Crippen molar-refractivity contribution in [1.82, 2.24) is 4.98 Å². The maximum Gasteiger partial charge on any atom is 0.365 e. The van der Waals surface area contributed by atoms with Gasteiger partial charge in [0.25, 0.3) is 0 Å². The van der Waals surface area contributed by atoms with E-state index < -0.39 is 5.97 Å². The number of oxime groups is 1. The molecule has 1 heterocycles. The highest BCUT2D eigenvalue weighted by Crippen LogP contribution is 2.35. The zero-order chi connectivity index (χ0) is 26.4. The van der Waals surface area contributed by atoms with Crippen molar-refractivity contribution in [2.75, 3.05) is 35.5 Å². The second-order valence-electron chi connectivity index (χ2n) is 7.70. The number of benzene rings is 3. The van der Waals surface area contributed by atoms with Crippen LogP contribution >= 0.6 is 0 Å². The standard InChI is InChI=1S/C28H26N2O7/c1-32-20-9-6-17(7-10-20)28(31)37-30-26(19-8-11-22(33-2)23(15-19)34-3)27-21-16-25(36-5)24(35-4)14-18(21)12-13-29-27/h6-16H,1-5H3/b30-26+. The Kier molecular flexibility index (Phi) is 7.73. The van der Waals surface area contributed by atoms with Crippen molar-refractivity contribution in [2.45, 2.75) is 0 Å². The third kappa shape index (κ3) is 5.25. The van der Waals surface area contributed by atoms with Gasteiger partial charge in [0, 0.05) is 17.1 Å². The van der Waals surface area contributed by atoms with Crippen molar-refractivity contribution in [3.8, 4) is 28.7 Å². The number of aromatic nitrogens is 1. The van der Waals surface area contributed by atoms with E-state index in [4.69, 9.17) is 28.5 Å². The summed E-state index contributed by atoms with van der Waals surface area (Å²) in [6.45, 7) is 0. The number of rotatable bonds is 9. The minimum Gasteiger partial charge on any atom is -0.497 e. The molecule has 0 spiro atoms. The van der Waals surface area contributed by atoms with E-state index in [1.54, 1.807) is 83.2 Å². The molecule has 0 amide bonds. The number of hydrogen-bond acceptors (Lipinski definition) is 9. The van der Waals surface area contributed by atoms with Crippen LogP contribution in [0.15, 0.2) is 72.0 Å². The lowest BCUT2D eigenvalue weighted by atomic mass is 10.0. The number of ether oxygens (including phenoxy) is 5. The highest BCUT2D eigenvalue weighted by molar-refractivity contribution is 6.18. The second kappa shape index (κ2) is 11.3. The van der Waals surface area contributed by atoms with Gasteiger partial charge in [-0.25, -0.2) is 4.79 Å². The first kappa shape index (κ1) is 25.3. The Morgan fingerprint density at radius 3 is 1.95 bits per heavy atom. The molecule has 0 N–H and O–H groups in total. The van der Waals surface area contributed by atoms with Gasteiger partial charge in [0.1, 0.15) is 17.2 Å². The fourth-order valence-electron chi connectivity index (χ4n) is 3.77. The molecule has 0 radical (unpaired) electrons. The summed E-state index contributed by atoms with van der Waals surface area (Å²) < 4.78 is 26.9. The van der Waals surface area contributed by atoms with Crippen LogP contribution in [0.1, 0.15) is 21.6 Å². The van der Waals surface area contributed by atoms with E-state index in [9.17, 15) is 4.79 Å². The fourth-order valence-corrected chi connectivity index (χ4v) is 3.77. The lowest BCUT2D eigenvalue weighted by molar-refractivity contribution is 0.0517. The summed E-state index contributed by atoms with van der Waals surface area (Å²) in [7, 11) is 7.76. The van der Waals surface area contributed by atoms with Crippen molar-refractivity contribution < 1.29 is 33.3 Å². The summed E-state index contributed by atoms with van der Waals surface area (Å²) in [4.78, 5) is 22.8. The Hall–Kier alpha value is -4.79. The molecule has 190 valence electrons. The molecule has 0 saturated carbocycles. The Balaban J connectivity index is 1.86. The third-order valence-electron chi connectivity index (χ3n) is 5.70. The number of methoxy groups -OCH3 is 5. The number of hydrogen-bond donors (Lipinski definition) is 0. The summed E-state index contributed by atoms with van der Waals surface area (Å²) in [5.41, 5.74) is 1.68. The maximum atomic E-state index is 12.8. The predicted octanol–water partition coefficient (Wildman–Crippen LogP) is 4.89. The van der Waals surface area contributed by atoms with E-state index >= 15 is 0 Å². The monoisotopic (exact) mass is 502 g/mol. The van der Waals surface area contributed by atoms with E-state index in [0.29, 0.717) is 56.7 Å². The average Bonchev–Trinajstić information content (AvgIpc) is 2.96. The molecule has 0 atom stereocenters. The van der Waals surface area contributed by atoms with Crippen LogP contribution in [0.25, 0.3) is 10.8 Å². The number of carbonyl (C=O) groups is 1. The first-order valence-corrected chi connectivity index (χ1v) is 11.2. The van der Waals surface area contributed by atoms with E-state index in [1.165, 1.54) is 7.11 Å². The summed E-state index contributed by atoms with van der Waals surface area (Å²) >= 11 is 0. The van der Waals surface area contributed by atoms with Crippen LogP contribution in [0.3, 0.4) is 0 Å². The van der Waals surface area contributed by atoms with Crippen molar-refractivity contribution in [3.05, 3.63) is 83.7 Å². The summed E-state index contributed by atoms with van der Waals surface area (Å²) in [5, 5.41) is 5.81. The largest absolute Gasteiger partial charge is 0.497 e. The lowest BCUT2D eigenvalue weighted by Gasteiger charge is -2.14. The van der Waals surface area contributed by atoms with Crippen LogP contribution in [0.2, 0.25) is 0 Å². The zero-order valence-corrected chi connectivity index (χ0v) is 21.1. The summed E-state index contributed by atoms with van der Waals surface area (Å²) in [5.74, 6) is 2.09. The second-order valence-corrected chi connectivity index (χ2v) is 7.70. The van der Waals surface area contributed by atoms with Gasteiger partial charge in [-0.1, -0.05) is 5.16 Å². The highest BCUT2D eigenvalue weighted by atomic mass is 16.7. The van der Waals surface area contributed by atoms with Crippen molar-refractivity contribution >= 4 is 22.5 Å². The number of nitrogens with zero attached hydrogens (tertiary/aromatic N) is 2. The molecule has 9 nitrogen and oxygen atoms in total. The van der Waals surface area contributed by atoms with Gasteiger partial charge in [-0.2, -0.15) is 0 Å². The quantitative estimate of drug-likeness (QED) is 0.181. The number of fused-ring (bicyclic) bond motifs is 1. The molecule has 0 aliphatic rings. The number of carbonyl (C=O) groups excluding carboxylic acids is 1. The van der Waals surface area contributed by atoms with Crippen LogP contribution < -0.4 is 23.7 Å². The van der Waals surface area contributed by atoms with E-state index in [1.807, 2.05) is 12.1 Å². The molecule has 3 aromatic carbocycles. The molecule has 0 aliphatic carbocycles. The molecule has 0 aliphatic heterocycles. The molecule has 0 fully saturated rings. The topological polar surface area (TPSA) is 97.7 Å². The van der Waals surface area contributed by atoms with E-state index in [0.717, 1.165) is 5.39 Å². The highest BCUT2D eigenvalue weighted by Gasteiger charge is 2.19. The summed E-state index contributed by atoms with van der Waals surface area (Å²) in [6.07, 6.45) is 1.64. The van der Waals surface area contributed by atoms with Gasteiger partial charge in [-0.05, 0) is 66.0 Å². The summed E-state index contributed by atoms with van der Waals surface area (Å²) in [6, 6.07) is 17.3. The zero-order valence-electron chi connectivity index (χ0n) is 21.1. The average molecular weight is 503 g/mol. The van der Waals surface area contributed by atoms with Gasteiger partial charge in [0.05, 0.1) is 41.1 Å². The number of pyridine rings is 1. The lowest BCUT2D eigenvalue weighted by Crippen LogP contribution is -2.11. The van der Waals surface area contributed by atoms with Gasteiger partial charge >= 0.3 is 5.97 Å². The smallest absolute Gasteiger partial charge is 0.365 e. The van der Waals surface area contributed by atoms with Crippen LogP contribution in [-0.2, 0) is 4.84 Å². The molecule has 0 unspecified atom stereocenters. The first-order chi connectivity index (χ1) is 18.0. The minimum atomic E-state index is -0.639. The van der Waals surface area contributed by atoms with Crippen molar-refractivity contribution in [1.29, 1.82) is 0 Å². The van der Waals surface area contributed by atoms with Crippen molar-refractivity contribution in [3.63, 3.8) is 0 Å². The molecule has 4 rings (SSSR count). The molecule has 37 heavy (non-hydrogen) atoms. The molecular formula is C28H26N2O7. The van der Waals surface area contributed by atoms with Gasteiger partial charge in [0.2, 0.25) is 0 Å². The van der Waals surface area contributed by atoms with Gasteiger partial charge in [-0.3, -0.25) is 4.98 Å². The third-order valence-corrected chi connectivity index (χ3v) is 5.70. The predicted molar refractivity (Wildman–Crippen MR) is 138 cm³/mol. The van der Waals surface area contributed by atoms with Gasteiger partial charge < -0.3 is 28.5 Å². The van der Waals surface area contributed by atoms with Crippen molar-refractivity contribution in [2.24, 2.45) is 5.16 Å². The van der Waals surface area contributed by atoms with Gasteiger partial charge in [-0.15, -0.1) is 0 Å². The maximum absolute atomic E-state index is 12.8. The normalized spacial score (nSPS) is 11.1. The molecule has 0 saturated heterocycles. The molecule has 9 heteroatoms. The Bertz CT molecular complexity index is 1450. The molecule has 0 bridgehead atoms.